The zero-order valence-corrected chi connectivity index (χ0v) is 13.4. The maximum atomic E-state index is 13.9. The first-order valence-corrected chi connectivity index (χ1v) is 8.74. The summed E-state index contributed by atoms with van der Waals surface area (Å²) in [5.74, 6) is -0.635. The molecule has 0 spiro atoms. The molecule has 1 aromatic heterocycles. The summed E-state index contributed by atoms with van der Waals surface area (Å²) in [6.45, 7) is 2.67. The van der Waals surface area contributed by atoms with Crippen molar-refractivity contribution in [2.75, 3.05) is 19.7 Å². The van der Waals surface area contributed by atoms with E-state index in [1.165, 1.54) is 21.2 Å². The molecular formula is C14H17FN4O3S. The third-order valence-electron chi connectivity index (χ3n) is 3.73. The molecule has 0 amide bonds. The van der Waals surface area contributed by atoms with Crippen molar-refractivity contribution in [1.82, 2.24) is 19.3 Å². The number of hydrogen-bond donors (Lipinski definition) is 0. The molecule has 7 nitrogen and oxygen atoms in total. The smallest absolute Gasteiger partial charge is 0.243 e. The third kappa shape index (κ3) is 3.06. The summed E-state index contributed by atoms with van der Waals surface area (Å²) >= 11 is 0. The minimum atomic E-state index is -3.75. The van der Waals surface area contributed by atoms with Crippen LogP contribution in [0.25, 0.3) is 0 Å². The number of sulfonamides is 1. The number of benzene rings is 1. The summed E-state index contributed by atoms with van der Waals surface area (Å²) in [4.78, 5) is 1.43. The molecule has 2 heterocycles. The van der Waals surface area contributed by atoms with Gasteiger partial charge in [-0.2, -0.15) is 19.3 Å². The molecule has 1 saturated heterocycles. The summed E-state index contributed by atoms with van der Waals surface area (Å²) in [5.41, 5.74) is 0. The zero-order chi connectivity index (χ0) is 16.4. The number of rotatable bonds is 5. The van der Waals surface area contributed by atoms with Gasteiger partial charge in [-0.05, 0) is 31.5 Å². The monoisotopic (exact) mass is 340 g/mol. The van der Waals surface area contributed by atoms with Crippen LogP contribution in [0.1, 0.15) is 19.4 Å². The van der Waals surface area contributed by atoms with Crippen molar-refractivity contribution in [1.29, 1.82) is 0 Å². The van der Waals surface area contributed by atoms with Gasteiger partial charge in [-0.3, -0.25) is 0 Å². The van der Waals surface area contributed by atoms with Crippen LogP contribution < -0.4 is 4.74 Å². The van der Waals surface area contributed by atoms with Crippen molar-refractivity contribution in [3.63, 3.8) is 0 Å². The number of nitrogens with zero attached hydrogens (tertiary/aromatic N) is 4. The normalized spacial score (nSPS) is 19.1. The highest BCUT2D eigenvalue weighted by molar-refractivity contribution is 7.89. The van der Waals surface area contributed by atoms with E-state index in [4.69, 9.17) is 4.74 Å². The second-order valence-corrected chi connectivity index (χ2v) is 7.12. The summed E-state index contributed by atoms with van der Waals surface area (Å²) in [6.07, 6.45) is 3.73. The molecule has 1 aliphatic heterocycles. The summed E-state index contributed by atoms with van der Waals surface area (Å²) < 4.78 is 45.6. The Morgan fingerprint density at radius 1 is 1.35 bits per heavy atom. The zero-order valence-electron chi connectivity index (χ0n) is 12.6. The Morgan fingerprint density at radius 2 is 2.09 bits per heavy atom. The first-order valence-electron chi connectivity index (χ1n) is 7.30. The lowest BCUT2D eigenvalue weighted by molar-refractivity contribution is 0.321. The first-order chi connectivity index (χ1) is 11.0. The van der Waals surface area contributed by atoms with Crippen molar-refractivity contribution in [3.8, 4) is 5.75 Å². The van der Waals surface area contributed by atoms with Gasteiger partial charge in [0.15, 0.2) is 11.6 Å². The highest BCUT2D eigenvalue weighted by Crippen LogP contribution is 2.28. The highest BCUT2D eigenvalue weighted by Gasteiger charge is 2.34. The second-order valence-electron chi connectivity index (χ2n) is 5.18. The Morgan fingerprint density at radius 3 is 2.74 bits per heavy atom. The van der Waals surface area contributed by atoms with Crippen molar-refractivity contribution in [3.05, 3.63) is 36.4 Å². The van der Waals surface area contributed by atoms with Gasteiger partial charge in [0.05, 0.1) is 29.9 Å². The lowest BCUT2D eigenvalue weighted by Gasteiger charge is -2.17. The summed E-state index contributed by atoms with van der Waals surface area (Å²) in [6, 6.07) is 3.60. The molecular weight excluding hydrogens is 323 g/mol. The number of aromatic nitrogens is 3. The summed E-state index contributed by atoms with van der Waals surface area (Å²) in [5, 5.41) is 8.08. The standard InChI is InChI=1S/C14H17FN4O3S/c1-2-22-14-4-3-12(9-13(14)15)23(20,21)18-8-5-11(10-18)19-16-6-7-17-19/h3-4,6-7,9,11H,2,5,8,10H2,1H3/t11-/m0/s1. The van der Waals surface area contributed by atoms with Crippen LogP contribution in [0.3, 0.4) is 0 Å². The van der Waals surface area contributed by atoms with Crippen molar-refractivity contribution in [2.24, 2.45) is 0 Å². The Labute approximate surface area is 133 Å². The van der Waals surface area contributed by atoms with E-state index in [0.717, 1.165) is 6.07 Å². The molecule has 0 aliphatic carbocycles. The first kappa shape index (κ1) is 15.9. The largest absolute Gasteiger partial charge is 0.491 e. The molecule has 1 aliphatic rings. The fourth-order valence-electron chi connectivity index (χ4n) is 2.60. The van der Waals surface area contributed by atoms with Gasteiger partial charge in [-0.1, -0.05) is 0 Å². The van der Waals surface area contributed by atoms with Gasteiger partial charge in [0.1, 0.15) is 0 Å². The lowest BCUT2D eigenvalue weighted by Crippen LogP contribution is -2.29. The molecule has 23 heavy (non-hydrogen) atoms. The van der Waals surface area contributed by atoms with Crippen molar-refractivity contribution in [2.45, 2.75) is 24.3 Å². The van der Waals surface area contributed by atoms with Crippen LogP contribution in [-0.4, -0.2) is 47.4 Å². The molecule has 9 heteroatoms. The quantitative estimate of drug-likeness (QED) is 0.823. The van der Waals surface area contributed by atoms with E-state index in [9.17, 15) is 12.8 Å². The Kier molecular flexibility index (Phi) is 4.31. The van der Waals surface area contributed by atoms with Gasteiger partial charge in [-0.25, -0.2) is 12.8 Å². The van der Waals surface area contributed by atoms with Gasteiger partial charge in [-0.15, -0.1) is 0 Å². The van der Waals surface area contributed by atoms with Crippen LogP contribution in [0.5, 0.6) is 5.75 Å². The Balaban J connectivity index is 1.81. The fraction of sp³-hybridized carbons (Fsp3) is 0.429. The Hall–Kier alpha value is -2.00. The van der Waals surface area contributed by atoms with Crippen LogP contribution in [-0.2, 0) is 10.0 Å². The van der Waals surface area contributed by atoms with E-state index in [-0.39, 0.29) is 23.2 Å². The number of halogens is 1. The molecule has 0 unspecified atom stereocenters. The fourth-order valence-corrected chi connectivity index (χ4v) is 4.10. The minimum Gasteiger partial charge on any atom is -0.491 e. The molecule has 2 aromatic rings. The van der Waals surface area contributed by atoms with Gasteiger partial charge in [0.25, 0.3) is 0 Å². The van der Waals surface area contributed by atoms with Gasteiger partial charge in [0, 0.05) is 13.1 Å². The molecule has 0 bridgehead atoms. The lowest BCUT2D eigenvalue weighted by atomic mass is 10.3. The highest BCUT2D eigenvalue weighted by atomic mass is 32.2. The molecule has 1 aromatic carbocycles. The van der Waals surface area contributed by atoms with Crippen molar-refractivity contribution >= 4 is 10.0 Å². The average molecular weight is 340 g/mol. The van der Waals surface area contributed by atoms with E-state index < -0.39 is 15.8 Å². The maximum absolute atomic E-state index is 13.9. The molecule has 0 radical (unpaired) electrons. The average Bonchev–Trinajstić information content (AvgIpc) is 3.20. The SMILES string of the molecule is CCOc1ccc(S(=O)(=O)N2CC[C@H](n3nccn3)C2)cc1F. The van der Waals surface area contributed by atoms with E-state index in [1.807, 2.05) is 0 Å². The van der Waals surface area contributed by atoms with Crippen LogP contribution in [0, 0.1) is 5.82 Å². The molecule has 1 atom stereocenters. The molecule has 0 N–H and O–H groups in total. The molecule has 0 saturated carbocycles. The second kappa shape index (κ2) is 6.25. The molecule has 124 valence electrons. The molecule has 3 rings (SSSR count). The van der Waals surface area contributed by atoms with E-state index in [2.05, 4.69) is 10.2 Å². The van der Waals surface area contributed by atoms with Crippen LogP contribution in [0.2, 0.25) is 0 Å². The van der Waals surface area contributed by atoms with Crippen molar-refractivity contribution < 1.29 is 17.5 Å². The maximum Gasteiger partial charge on any atom is 0.243 e. The summed E-state index contributed by atoms with van der Waals surface area (Å²) in [7, 11) is -3.75. The predicted molar refractivity (Wildman–Crippen MR) is 80.0 cm³/mol. The molecule has 1 fully saturated rings. The van der Waals surface area contributed by atoms with Gasteiger partial charge in [0.2, 0.25) is 10.0 Å². The van der Waals surface area contributed by atoms with Gasteiger partial charge < -0.3 is 4.74 Å². The Bertz CT molecular complexity index is 779. The minimum absolute atomic E-state index is 0.0477. The van der Waals surface area contributed by atoms with E-state index >= 15 is 0 Å². The predicted octanol–water partition coefficient (Wildman–Crippen LogP) is 1.45. The third-order valence-corrected chi connectivity index (χ3v) is 5.59. The van der Waals surface area contributed by atoms with Crippen LogP contribution in [0.4, 0.5) is 4.39 Å². The van der Waals surface area contributed by atoms with Crippen LogP contribution in [0.15, 0.2) is 35.5 Å². The van der Waals surface area contributed by atoms with E-state index in [0.29, 0.717) is 19.6 Å². The topological polar surface area (TPSA) is 77.3 Å². The number of hydrogen-bond acceptors (Lipinski definition) is 5. The van der Waals surface area contributed by atoms with E-state index in [1.54, 1.807) is 19.3 Å². The number of ether oxygens (including phenoxy) is 1. The van der Waals surface area contributed by atoms with Crippen LogP contribution >= 0.6 is 0 Å². The van der Waals surface area contributed by atoms with Gasteiger partial charge >= 0.3 is 0 Å².